The molecule has 1 aliphatic rings. The Morgan fingerprint density at radius 3 is 3.21 bits per heavy atom. The molecule has 3 rings (SSSR count). The first-order chi connectivity index (χ1) is 9.25. The van der Waals surface area contributed by atoms with Gasteiger partial charge in [0.15, 0.2) is 5.82 Å². The lowest BCUT2D eigenvalue weighted by molar-refractivity contribution is -0.117. The van der Waals surface area contributed by atoms with Gasteiger partial charge in [-0.3, -0.25) is 4.79 Å². The van der Waals surface area contributed by atoms with E-state index in [2.05, 4.69) is 21.7 Å². The van der Waals surface area contributed by atoms with Crippen LogP contribution in [0.15, 0.2) is 29.8 Å². The van der Waals surface area contributed by atoms with Crippen molar-refractivity contribution in [3.05, 3.63) is 45.2 Å². The summed E-state index contributed by atoms with van der Waals surface area (Å²) in [4.78, 5) is 17.8. The van der Waals surface area contributed by atoms with Gasteiger partial charge in [0.25, 0.3) is 0 Å². The van der Waals surface area contributed by atoms with Crippen LogP contribution in [0.2, 0.25) is 5.02 Å². The summed E-state index contributed by atoms with van der Waals surface area (Å²) in [6.45, 7) is 0. The number of hydrogen-bond acceptors (Lipinski definition) is 3. The zero-order valence-corrected chi connectivity index (χ0v) is 11.8. The Morgan fingerprint density at radius 1 is 1.47 bits per heavy atom. The van der Waals surface area contributed by atoms with E-state index in [0.717, 1.165) is 19.3 Å². The van der Waals surface area contributed by atoms with Crippen molar-refractivity contribution < 1.29 is 4.79 Å². The van der Waals surface area contributed by atoms with Gasteiger partial charge in [-0.1, -0.05) is 11.6 Å². The molecule has 2 aromatic rings. The van der Waals surface area contributed by atoms with E-state index in [4.69, 9.17) is 11.6 Å². The predicted molar refractivity (Wildman–Crippen MR) is 77.9 cm³/mol. The molecule has 0 spiro atoms. The molecule has 0 radical (unpaired) electrons. The normalized spacial score (nSPS) is 17.8. The topological polar surface area (TPSA) is 42.0 Å². The lowest BCUT2D eigenvalue weighted by atomic mass is 9.87. The van der Waals surface area contributed by atoms with E-state index < -0.39 is 0 Å². The number of carbonyl (C=O) groups excluding carboxylic acids is 1. The molecule has 5 heteroatoms. The monoisotopic (exact) mass is 292 g/mol. The van der Waals surface area contributed by atoms with Crippen LogP contribution in [0.25, 0.3) is 0 Å². The second-order valence-corrected chi connectivity index (χ2v) is 5.97. The SMILES string of the molecule is O=C(Nc1ncccc1Cl)C1CCCc2sccc21. The molecule has 0 aromatic carbocycles. The Balaban J connectivity index is 1.81. The van der Waals surface area contributed by atoms with Crippen LogP contribution in [-0.4, -0.2) is 10.9 Å². The molecule has 1 atom stereocenters. The number of nitrogens with zero attached hydrogens (tertiary/aromatic N) is 1. The van der Waals surface area contributed by atoms with Gasteiger partial charge < -0.3 is 5.32 Å². The van der Waals surface area contributed by atoms with Crippen LogP contribution in [0.4, 0.5) is 5.82 Å². The van der Waals surface area contributed by atoms with Crippen molar-refractivity contribution in [2.75, 3.05) is 5.32 Å². The van der Waals surface area contributed by atoms with Gasteiger partial charge in [0.2, 0.25) is 5.91 Å². The average molecular weight is 293 g/mol. The van der Waals surface area contributed by atoms with E-state index in [0.29, 0.717) is 10.8 Å². The summed E-state index contributed by atoms with van der Waals surface area (Å²) in [7, 11) is 0. The van der Waals surface area contributed by atoms with Gasteiger partial charge >= 0.3 is 0 Å². The smallest absolute Gasteiger partial charge is 0.233 e. The highest BCUT2D eigenvalue weighted by molar-refractivity contribution is 7.10. The molecule has 1 N–H and O–H groups in total. The Hall–Kier alpha value is -1.39. The Bertz CT molecular complexity index is 611. The quantitative estimate of drug-likeness (QED) is 0.913. The first-order valence-corrected chi connectivity index (χ1v) is 7.49. The van der Waals surface area contributed by atoms with Gasteiger partial charge in [0, 0.05) is 11.1 Å². The van der Waals surface area contributed by atoms with Gasteiger partial charge in [-0.05, 0) is 48.4 Å². The molecular weight excluding hydrogens is 280 g/mol. The lowest BCUT2D eigenvalue weighted by Crippen LogP contribution is -2.24. The van der Waals surface area contributed by atoms with E-state index in [1.807, 2.05) is 0 Å². The summed E-state index contributed by atoms with van der Waals surface area (Å²) in [6.07, 6.45) is 4.65. The molecule has 3 nitrogen and oxygen atoms in total. The van der Waals surface area contributed by atoms with Crippen molar-refractivity contribution in [3.8, 4) is 0 Å². The zero-order valence-electron chi connectivity index (χ0n) is 10.2. The molecule has 98 valence electrons. The van der Waals surface area contributed by atoms with Gasteiger partial charge in [-0.15, -0.1) is 11.3 Å². The molecule has 1 aliphatic carbocycles. The van der Waals surface area contributed by atoms with Crippen molar-refractivity contribution in [2.45, 2.75) is 25.2 Å². The number of rotatable bonds is 2. The van der Waals surface area contributed by atoms with E-state index in [1.165, 1.54) is 10.4 Å². The van der Waals surface area contributed by atoms with Crippen molar-refractivity contribution in [1.82, 2.24) is 4.98 Å². The van der Waals surface area contributed by atoms with Crippen LogP contribution in [0, 0.1) is 0 Å². The highest BCUT2D eigenvalue weighted by atomic mass is 35.5. The highest BCUT2D eigenvalue weighted by Gasteiger charge is 2.27. The van der Waals surface area contributed by atoms with Crippen molar-refractivity contribution in [3.63, 3.8) is 0 Å². The van der Waals surface area contributed by atoms with Gasteiger partial charge in [0.1, 0.15) is 0 Å². The number of amides is 1. The Morgan fingerprint density at radius 2 is 2.37 bits per heavy atom. The Labute approximate surface area is 120 Å². The van der Waals surface area contributed by atoms with E-state index in [-0.39, 0.29) is 11.8 Å². The Kier molecular flexibility index (Phi) is 3.53. The standard InChI is InChI=1S/C14H13ClN2OS/c15-11-4-2-7-16-13(11)17-14(18)10-3-1-5-12-9(10)6-8-19-12/h2,4,6-8,10H,1,3,5H2,(H,16,17,18). The first kappa shape index (κ1) is 12.6. The third-order valence-electron chi connectivity index (χ3n) is 3.37. The van der Waals surface area contributed by atoms with Crippen molar-refractivity contribution in [1.29, 1.82) is 0 Å². The fourth-order valence-corrected chi connectivity index (χ4v) is 3.60. The summed E-state index contributed by atoms with van der Waals surface area (Å²) < 4.78 is 0. The summed E-state index contributed by atoms with van der Waals surface area (Å²) in [5.41, 5.74) is 1.17. The average Bonchev–Trinajstić information content (AvgIpc) is 2.89. The molecule has 0 bridgehead atoms. The molecule has 1 amide bonds. The van der Waals surface area contributed by atoms with Crippen LogP contribution in [0.1, 0.15) is 29.2 Å². The second kappa shape index (κ2) is 5.31. The second-order valence-electron chi connectivity index (χ2n) is 4.57. The number of anilines is 1. The number of aromatic nitrogens is 1. The molecule has 2 aromatic heterocycles. The number of carbonyl (C=O) groups is 1. The molecule has 0 aliphatic heterocycles. The number of fused-ring (bicyclic) bond motifs is 1. The van der Waals surface area contributed by atoms with Gasteiger partial charge in [-0.2, -0.15) is 0 Å². The highest BCUT2D eigenvalue weighted by Crippen LogP contribution is 2.35. The molecule has 0 saturated heterocycles. The zero-order chi connectivity index (χ0) is 13.2. The lowest BCUT2D eigenvalue weighted by Gasteiger charge is -2.21. The van der Waals surface area contributed by atoms with Crippen LogP contribution in [-0.2, 0) is 11.2 Å². The number of pyridine rings is 1. The van der Waals surface area contributed by atoms with E-state index in [9.17, 15) is 4.79 Å². The molecule has 1 unspecified atom stereocenters. The van der Waals surface area contributed by atoms with Crippen LogP contribution < -0.4 is 5.32 Å². The minimum Gasteiger partial charge on any atom is -0.309 e. The largest absolute Gasteiger partial charge is 0.309 e. The third-order valence-corrected chi connectivity index (χ3v) is 4.67. The molecular formula is C14H13ClN2OS. The van der Waals surface area contributed by atoms with Crippen LogP contribution in [0.3, 0.4) is 0 Å². The van der Waals surface area contributed by atoms with Crippen molar-refractivity contribution in [2.24, 2.45) is 0 Å². The van der Waals surface area contributed by atoms with Crippen LogP contribution >= 0.6 is 22.9 Å². The van der Waals surface area contributed by atoms with Crippen molar-refractivity contribution >= 4 is 34.7 Å². The fraction of sp³-hybridized carbons (Fsp3) is 0.286. The first-order valence-electron chi connectivity index (χ1n) is 6.23. The molecule has 0 fully saturated rings. The maximum atomic E-state index is 12.4. The number of nitrogens with one attached hydrogen (secondary N) is 1. The third kappa shape index (κ3) is 2.51. The summed E-state index contributed by atoms with van der Waals surface area (Å²) in [5.74, 6) is 0.351. The minimum atomic E-state index is -0.0759. The fourth-order valence-electron chi connectivity index (χ4n) is 2.44. The number of halogens is 1. The van der Waals surface area contributed by atoms with Gasteiger partial charge in [0.05, 0.1) is 10.9 Å². The maximum Gasteiger partial charge on any atom is 0.233 e. The summed E-state index contributed by atoms with van der Waals surface area (Å²) in [6, 6.07) is 5.53. The van der Waals surface area contributed by atoms with E-state index >= 15 is 0 Å². The summed E-state index contributed by atoms with van der Waals surface area (Å²) >= 11 is 7.75. The van der Waals surface area contributed by atoms with Gasteiger partial charge in [-0.25, -0.2) is 4.98 Å². The number of hydrogen-bond donors (Lipinski definition) is 1. The maximum absolute atomic E-state index is 12.4. The minimum absolute atomic E-state index is 0.0139. The molecule has 19 heavy (non-hydrogen) atoms. The number of aryl methyl sites for hydroxylation is 1. The molecule has 2 heterocycles. The van der Waals surface area contributed by atoms with E-state index in [1.54, 1.807) is 29.7 Å². The predicted octanol–water partition coefficient (Wildman–Crippen LogP) is 3.86. The van der Waals surface area contributed by atoms with Crippen LogP contribution in [0.5, 0.6) is 0 Å². The molecule has 0 saturated carbocycles. The summed E-state index contributed by atoms with van der Waals surface area (Å²) in [5, 5.41) is 5.36. The number of thiophene rings is 1.